The van der Waals surface area contributed by atoms with Crippen LogP contribution in [0.3, 0.4) is 0 Å². The lowest BCUT2D eigenvalue weighted by Gasteiger charge is -2.28. The molecule has 0 aromatic heterocycles. The van der Waals surface area contributed by atoms with E-state index in [1.165, 1.54) is 61.6 Å². The van der Waals surface area contributed by atoms with Gasteiger partial charge in [-0.25, -0.2) is 0 Å². The zero-order chi connectivity index (χ0) is 16.1. The van der Waals surface area contributed by atoms with Crippen LogP contribution in [0.15, 0.2) is 48.5 Å². The van der Waals surface area contributed by atoms with Crippen LogP contribution in [0.5, 0.6) is 0 Å². The summed E-state index contributed by atoms with van der Waals surface area (Å²) in [4.78, 5) is 0. The standard InChI is InChI=1S/C23H30/c1-3-5-19-8-12-21(13-9-19)23-16-14-22(15-17-23)20-10-6-18(4-2)7-11-20/h8-9,12-18,20H,3-7,10-11H2,1-2H3. The summed E-state index contributed by atoms with van der Waals surface area (Å²) in [5, 5.41) is 0. The first-order valence-electron chi connectivity index (χ1n) is 9.49. The van der Waals surface area contributed by atoms with Crippen molar-refractivity contribution < 1.29 is 0 Å². The van der Waals surface area contributed by atoms with Crippen LogP contribution in [0.2, 0.25) is 0 Å². The first kappa shape index (κ1) is 16.3. The third-order valence-corrected chi connectivity index (χ3v) is 5.63. The highest BCUT2D eigenvalue weighted by Gasteiger charge is 2.21. The molecule has 122 valence electrons. The molecule has 0 N–H and O–H groups in total. The van der Waals surface area contributed by atoms with E-state index in [1.54, 1.807) is 5.56 Å². The largest absolute Gasteiger partial charge is 0.0651 e. The molecule has 0 saturated heterocycles. The molecule has 0 heterocycles. The Morgan fingerprint density at radius 1 is 0.739 bits per heavy atom. The van der Waals surface area contributed by atoms with E-state index in [-0.39, 0.29) is 0 Å². The molecule has 0 spiro atoms. The second-order valence-corrected chi connectivity index (χ2v) is 7.19. The van der Waals surface area contributed by atoms with Gasteiger partial charge in [-0.1, -0.05) is 75.2 Å². The van der Waals surface area contributed by atoms with Gasteiger partial charge < -0.3 is 0 Å². The Bertz CT molecular complexity index is 583. The molecule has 1 saturated carbocycles. The van der Waals surface area contributed by atoms with Crippen LogP contribution in [0.4, 0.5) is 0 Å². The van der Waals surface area contributed by atoms with E-state index in [4.69, 9.17) is 0 Å². The number of benzene rings is 2. The number of hydrogen-bond acceptors (Lipinski definition) is 0. The second-order valence-electron chi connectivity index (χ2n) is 7.19. The fraction of sp³-hybridized carbons (Fsp3) is 0.478. The molecule has 3 rings (SSSR count). The molecule has 0 amide bonds. The Labute approximate surface area is 141 Å². The second kappa shape index (κ2) is 7.81. The molecule has 1 aliphatic rings. The van der Waals surface area contributed by atoms with Crippen LogP contribution in [-0.2, 0) is 6.42 Å². The van der Waals surface area contributed by atoms with E-state index >= 15 is 0 Å². The van der Waals surface area contributed by atoms with Crippen molar-refractivity contribution in [1.82, 2.24) is 0 Å². The summed E-state index contributed by atoms with van der Waals surface area (Å²) in [6.07, 6.45) is 9.35. The van der Waals surface area contributed by atoms with Crippen molar-refractivity contribution in [3.63, 3.8) is 0 Å². The van der Waals surface area contributed by atoms with E-state index < -0.39 is 0 Å². The van der Waals surface area contributed by atoms with Gasteiger partial charge in [0.25, 0.3) is 0 Å². The van der Waals surface area contributed by atoms with Crippen molar-refractivity contribution in [3.05, 3.63) is 59.7 Å². The van der Waals surface area contributed by atoms with Crippen LogP contribution in [0.1, 0.15) is 69.4 Å². The van der Waals surface area contributed by atoms with Crippen molar-refractivity contribution in [3.8, 4) is 11.1 Å². The molecule has 0 unspecified atom stereocenters. The van der Waals surface area contributed by atoms with Crippen LogP contribution >= 0.6 is 0 Å². The van der Waals surface area contributed by atoms with E-state index in [1.807, 2.05) is 0 Å². The maximum atomic E-state index is 2.37. The fourth-order valence-electron chi connectivity index (χ4n) is 4.00. The van der Waals surface area contributed by atoms with Crippen molar-refractivity contribution in [2.75, 3.05) is 0 Å². The molecule has 0 atom stereocenters. The van der Waals surface area contributed by atoms with Crippen LogP contribution < -0.4 is 0 Å². The van der Waals surface area contributed by atoms with Gasteiger partial charge in [0.2, 0.25) is 0 Å². The number of hydrogen-bond donors (Lipinski definition) is 0. The van der Waals surface area contributed by atoms with Gasteiger partial charge in [-0.3, -0.25) is 0 Å². The zero-order valence-corrected chi connectivity index (χ0v) is 14.7. The van der Waals surface area contributed by atoms with E-state index in [2.05, 4.69) is 62.4 Å². The summed E-state index contributed by atoms with van der Waals surface area (Å²) in [6.45, 7) is 4.58. The molecule has 2 aromatic carbocycles. The van der Waals surface area contributed by atoms with Crippen LogP contribution in [0, 0.1) is 5.92 Å². The summed E-state index contributed by atoms with van der Waals surface area (Å²) in [7, 11) is 0. The van der Waals surface area contributed by atoms with Gasteiger partial charge in [-0.05, 0) is 66.2 Å². The molecule has 0 bridgehead atoms. The SMILES string of the molecule is CCCc1ccc(-c2ccc(C3CCC(CC)CC3)cc2)cc1. The van der Waals surface area contributed by atoms with Gasteiger partial charge in [0.15, 0.2) is 0 Å². The van der Waals surface area contributed by atoms with Crippen molar-refractivity contribution in [2.24, 2.45) is 5.92 Å². The molecular formula is C23H30. The normalized spacial score (nSPS) is 21.3. The quantitative estimate of drug-likeness (QED) is 0.558. The number of aryl methyl sites for hydroxylation is 1. The lowest BCUT2D eigenvalue weighted by Crippen LogP contribution is -2.12. The molecule has 0 radical (unpaired) electrons. The van der Waals surface area contributed by atoms with Gasteiger partial charge in [-0.2, -0.15) is 0 Å². The predicted molar refractivity (Wildman–Crippen MR) is 101 cm³/mol. The van der Waals surface area contributed by atoms with Crippen molar-refractivity contribution in [1.29, 1.82) is 0 Å². The van der Waals surface area contributed by atoms with Crippen molar-refractivity contribution in [2.45, 2.75) is 64.7 Å². The van der Waals surface area contributed by atoms with Gasteiger partial charge in [-0.15, -0.1) is 0 Å². The summed E-state index contributed by atoms with van der Waals surface area (Å²) in [5.74, 6) is 1.77. The van der Waals surface area contributed by atoms with Gasteiger partial charge in [0, 0.05) is 0 Å². The Morgan fingerprint density at radius 2 is 1.30 bits per heavy atom. The molecule has 23 heavy (non-hydrogen) atoms. The molecular weight excluding hydrogens is 276 g/mol. The number of rotatable bonds is 5. The molecule has 1 aliphatic carbocycles. The van der Waals surface area contributed by atoms with Gasteiger partial charge in [0.1, 0.15) is 0 Å². The Hall–Kier alpha value is -1.56. The Kier molecular flexibility index (Phi) is 5.54. The molecule has 1 fully saturated rings. The lowest BCUT2D eigenvalue weighted by molar-refractivity contribution is 0.319. The van der Waals surface area contributed by atoms with Crippen molar-refractivity contribution >= 4 is 0 Å². The van der Waals surface area contributed by atoms with E-state index in [9.17, 15) is 0 Å². The highest BCUT2D eigenvalue weighted by atomic mass is 14.3. The first-order chi connectivity index (χ1) is 11.3. The van der Waals surface area contributed by atoms with Crippen LogP contribution in [-0.4, -0.2) is 0 Å². The summed E-state index contributed by atoms with van der Waals surface area (Å²) >= 11 is 0. The van der Waals surface area contributed by atoms with Gasteiger partial charge >= 0.3 is 0 Å². The monoisotopic (exact) mass is 306 g/mol. The third kappa shape index (κ3) is 4.05. The molecule has 2 aromatic rings. The third-order valence-electron chi connectivity index (χ3n) is 5.63. The summed E-state index contributed by atoms with van der Waals surface area (Å²) in [5.41, 5.74) is 5.68. The maximum absolute atomic E-state index is 2.37. The highest BCUT2D eigenvalue weighted by Crippen LogP contribution is 2.37. The molecule has 0 aliphatic heterocycles. The Balaban J connectivity index is 1.67. The minimum atomic E-state index is 0.791. The first-order valence-corrected chi connectivity index (χ1v) is 9.49. The smallest absolute Gasteiger partial charge is 0.0162 e. The van der Waals surface area contributed by atoms with E-state index in [0.29, 0.717) is 0 Å². The lowest BCUT2D eigenvalue weighted by atomic mass is 9.77. The maximum Gasteiger partial charge on any atom is -0.0162 e. The zero-order valence-electron chi connectivity index (χ0n) is 14.7. The van der Waals surface area contributed by atoms with Crippen LogP contribution in [0.25, 0.3) is 11.1 Å². The van der Waals surface area contributed by atoms with Gasteiger partial charge in [0.05, 0.1) is 0 Å². The summed E-state index contributed by atoms with van der Waals surface area (Å²) in [6, 6.07) is 18.5. The molecule has 0 heteroatoms. The fourth-order valence-corrected chi connectivity index (χ4v) is 4.00. The predicted octanol–water partition coefficient (Wildman–Crippen LogP) is 6.99. The minimum absolute atomic E-state index is 0.791. The molecule has 0 nitrogen and oxygen atoms in total. The van der Waals surface area contributed by atoms with E-state index in [0.717, 1.165) is 11.8 Å². The average molecular weight is 306 g/mol. The average Bonchev–Trinajstić information content (AvgIpc) is 2.63. The summed E-state index contributed by atoms with van der Waals surface area (Å²) < 4.78 is 0. The highest BCUT2D eigenvalue weighted by molar-refractivity contribution is 5.64. The topological polar surface area (TPSA) is 0 Å². The minimum Gasteiger partial charge on any atom is -0.0651 e. The Morgan fingerprint density at radius 3 is 1.83 bits per heavy atom.